The van der Waals surface area contributed by atoms with Crippen LogP contribution in [0.4, 0.5) is 27.1 Å². The molecule has 1 heterocycles. The van der Waals surface area contributed by atoms with Gasteiger partial charge in [-0.15, -0.1) is 0 Å². The fourth-order valence-electron chi connectivity index (χ4n) is 2.28. The van der Waals surface area contributed by atoms with Crippen molar-refractivity contribution >= 4 is 40.3 Å². The summed E-state index contributed by atoms with van der Waals surface area (Å²) in [6.45, 7) is 0. The first-order valence-electron chi connectivity index (χ1n) is 6.47. The van der Waals surface area contributed by atoms with Crippen LogP contribution in [0.3, 0.4) is 0 Å². The second-order valence-electron chi connectivity index (χ2n) is 4.90. The molecule has 0 spiro atoms. The largest absolute Gasteiger partial charge is 0.397 e. The summed E-state index contributed by atoms with van der Waals surface area (Å²) in [5.74, 6) is -0.476. The van der Waals surface area contributed by atoms with Crippen LogP contribution in [0.2, 0.25) is 5.02 Å². The lowest BCUT2D eigenvalue weighted by Gasteiger charge is -2.20. The van der Waals surface area contributed by atoms with Crippen molar-refractivity contribution in [1.29, 1.82) is 0 Å². The van der Waals surface area contributed by atoms with Crippen LogP contribution in [0.15, 0.2) is 30.3 Å². The van der Waals surface area contributed by atoms with E-state index in [0.29, 0.717) is 29.9 Å². The third kappa shape index (κ3) is 2.78. The molecule has 2 aromatic rings. The fraction of sp³-hybridized carbons (Fsp3) is 0.133. The predicted octanol–water partition coefficient (Wildman–Crippen LogP) is 3.69. The maximum Gasteiger partial charge on any atom is 0.224 e. The molecule has 0 saturated heterocycles. The van der Waals surface area contributed by atoms with Crippen molar-refractivity contribution in [3.63, 3.8) is 0 Å². The molecular weight excluding hydrogens is 293 g/mol. The van der Waals surface area contributed by atoms with Crippen molar-refractivity contribution in [2.24, 2.45) is 0 Å². The van der Waals surface area contributed by atoms with Crippen LogP contribution in [-0.2, 0) is 11.2 Å². The van der Waals surface area contributed by atoms with Gasteiger partial charge in [0.05, 0.1) is 16.4 Å². The zero-order valence-corrected chi connectivity index (χ0v) is 11.8. The number of rotatable bonds is 2. The summed E-state index contributed by atoms with van der Waals surface area (Å²) in [7, 11) is 0. The number of amides is 1. The van der Waals surface area contributed by atoms with Gasteiger partial charge in [-0.3, -0.25) is 4.79 Å². The standard InChI is InChI=1S/C15H13ClFN3O/c16-10-6-9(2-3-11(10)17)19-14-5-8-1-4-15(21)20-13(8)7-12(14)18/h2-3,5-7,19H,1,4,18H2,(H,20,21). The second-order valence-corrected chi connectivity index (χ2v) is 5.31. The zero-order chi connectivity index (χ0) is 15.0. The molecule has 0 radical (unpaired) electrons. The first kappa shape index (κ1) is 13.7. The van der Waals surface area contributed by atoms with Crippen molar-refractivity contribution in [1.82, 2.24) is 0 Å². The smallest absolute Gasteiger partial charge is 0.224 e. The average Bonchev–Trinajstić information content (AvgIpc) is 2.44. The van der Waals surface area contributed by atoms with Gasteiger partial charge >= 0.3 is 0 Å². The van der Waals surface area contributed by atoms with Gasteiger partial charge in [-0.05, 0) is 42.3 Å². The van der Waals surface area contributed by atoms with Crippen molar-refractivity contribution in [3.05, 3.63) is 46.7 Å². The first-order chi connectivity index (χ1) is 10.0. The van der Waals surface area contributed by atoms with Crippen LogP contribution >= 0.6 is 11.6 Å². The minimum atomic E-state index is -0.469. The van der Waals surface area contributed by atoms with Crippen molar-refractivity contribution in [3.8, 4) is 0 Å². The van der Waals surface area contributed by atoms with E-state index in [1.165, 1.54) is 12.1 Å². The molecule has 0 fully saturated rings. The highest BCUT2D eigenvalue weighted by Gasteiger charge is 2.16. The number of halogens is 2. The van der Waals surface area contributed by atoms with E-state index in [4.69, 9.17) is 17.3 Å². The van der Waals surface area contributed by atoms with Crippen LogP contribution in [0.1, 0.15) is 12.0 Å². The van der Waals surface area contributed by atoms with Gasteiger partial charge in [0.1, 0.15) is 5.82 Å². The zero-order valence-electron chi connectivity index (χ0n) is 11.0. The lowest BCUT2D eigenvalue weighted by Crippen LogP contribution is -2.19. The SMILES string of the molecule is Nc1cc2c(cc1Nc1ccc(F)c(Cl)c1)CCC(=O)N2. The van der Waals surface area contributed by atoms with Gasteiger partial charge in [0, 0.05) is 17.8 Å². The second kappa shape index (κ2) is 5.26. The summed E-state index contributed by atoms with van der Waals surface area (Å²) >= 11 is 5.76. The van der Waals surface area contributed by atoms with E-state index < -0.39 is 5.82 Å². The summed E-state index contributed by atoms with van der Waals surface area (Å²) < 4.78 is 13.2. The van der Waals surface area contributed by atoms with E-state index in [1.54, 1.807) is 12.1 Å². The number of fused-ring (bicyclic) bond motifs is 1. The number of benzene rings is 2. The van der Waals surface area contributed by atoms with Crippen LogP contribution < -0.4 is 16.4 Å². The van der Waals surface area contributed by atoms with Gasteiger partial charge in [0.15, 0.2) is 0 Å². The topological polar surface area (TPSA) is 67.1 Å². The van der Waals surface area contributed by atoms with Gasteiger partial charge < -0.3 is 16.4 Å². The third-order valence-electron chi connectivity index (χ3n) is 3.37. The van der Waals surface area contributed by atoms with Crippen molar-refractivity contribution < 1.29 is 9.18 Å². The molecular formula is C15H13ClFN3O. The fourth-order valence-corrected chi connectivity index (χ4v) is 2.46. The van der Waals surface area contributed by atoms with E-state index in [1.807, 2.05) is 6.07 Å². The molecule has 0 aromatic heterocycles. The molecule has 0 bridgehead atoms. The van der Waals surface area contributed by atoms with Crippen LogP contribution in [-0.4, -0.2) is 5.91 Å². The maximum absolute atomic E-state index is 13.2. The maximum atomic E-state index is 13.2. The Hall–Kier alpha value is -2.27. The van der Waals surface area contributed by atoms with Gasteiger partial charge in [0.25, 0.3) is 0 Å². The van der Waals surface area contributed by atoms with E-state index in [-0.39, 0.29) is 10.9 Å². The molecule has 4 nitrogen and oxygen atoms in total. The summed E-state index contributed by atoms with van der Waals surface area (Å²) in [6.07, 6.45) is 1.12. The Bertz CT molecular complexity index is 733. The number of nitrogen functional groups attached to an aromatic ring is 1. The summed E-state index contributed by atoms with van der Waals surface area (Å²) in [4.78, 5) is 11.4. The summed E-state index contributed by atoms with van der Waals surface area (Å²) in [6, 6.07) is 7.99. The number of nitrogens with two attached hydrogens (primary N) is 1. The Morgan fingerprint density at radius 2 is 2.05 bits per heavy atom. The number of hydrogen-bond donors (Lipinski definition) is 3. The Labute approximate surface area is 126 Å². The monoisotopic (exact) mass is 305 g/mol. The molecule has 108 valence electrons. The van der Waals surface area contributed by atoms with Gasteiger partial charge in [-0.1, -0.05) is 11.6 Å². The predicted molar refractivity (Wildman–Crippen MR) is 82.5 cm³/mol. The molecule has 1 aliphatic rings. The first-order valence-corrected chi connectivity index (χ1v) is 6.85. The van der Waals surface area contributed by atoms with Gasteiger partial charge in [-0.2, -0.15) is 0 Å². The number of carbonyl (C=O) groups excluding carboxylic acids is 1. The van der Waals surface area contributed by atoms with Crippen LogP contribution in [0, 0.1) is 5.82 Å². The molecule has 0 unspecified atom stereocenters. The van der Waals surface area contributed by atoms with E-state index in [0.717, 1.165) is 11.3 Å². The highest BCUT2D eigenvalue weighted by atomic mass is 35.5. The molecule has 0 atom stereocenters. The average molecular weight is 306 g/mol. The molecule has 3 rings (SSSR count). The molecule has 1 amide bonds. The summed E-state index contributed by atoms with van der Waals surface area (Å²) in [5, 5.41) is 5.95. The highest BCUT2D eigenvalue weighted by Crippen LogP contribution is 2.33. The van der Waals surface area contributed by atoms with Gasteiger partial charge in [-0.25, -0.2) is 4.39 Å². The Balaban J connectivity index is 1.92. The Morgan fingerprint density at radius 1 is 1.24 bits per heavy atom. The van der Waals surface area contributed by atoms with E-state index in [9.17, 15) is 9.18 Å². The molecule has 4 N–H and O–H groups in total. The van der Waals surface area contributed by atoms with Crippen LogP contribution in [0.25, 0.3) is 0 Å². The quantitative estimate of drug-likeness (QED) is 0.741. The van der Waals surface area contributed by atoms with Gasteiger partial charge in [0.2, 0.25) is 5.91 Å². The van der Waals surface area contributed by atoms with E-state index >= 15 is 0 Å². The lowest BCUT2D eigenvalue weighted by atomic mass is 10.0. The number of nitrogens with one attached hydrogen (secondary N) is 2. The third-order valence-corrected chi connectivity index (χ3v) is 3.66. The molecule has 6 heteroatoms. The molecule has 0 aliphatic carbocycles. The molecule has 21 heavy (non-hydrogen) atoms. The normalized spacial score (nSPS) is 13.5. The molecule has 1 aliphatic heterocycles. The number of aryl methyl sites for hydroxylation is 1. The number of hydrogen-bond acceptors (Lipinski definition) is 3. The van der Waals surface area contributed by atoms with Crippen molar-refractivity contribution in [2.45, 2.75) is 12.8 Å². The Kier molecular flexibility index (Phi) is 3.43. The highest BCUT2D eigenvalue weighted by molar-refractivity contribution is 6.31. The minimum absolute atomic E-state index is 0.00655. The minimum Gasteiger partial charge on any atom is -0.397 e. The van der Waals surface area contributed by atoms with Crippen molar-refractivity contribution in [2.75, 3.05) is 16.4 Å². The lowest BCUT2D eigenvalue weighted by molar-refractivity contribution is -0.116. The summed E-state index contributed by atoms with van der Waals surface area (Å²) in [5.41, 5.74) is 9.58. The molecule has 0 saturated carbocycles. The van der Waals surface area contributed by atoms with E-state index in [2.05, 4.69) is 10.6 Å². The number of carbonyl (C=O) groups is 1. The molecule has 2 aromatic carbocycles. The number of anilines is 4. The van der Waals surface area contributed by atoms with Crippen LogP contribution in [0.5, 0.6) is 0 Å². The Morgan fingerprint density at radius 3 is 2.81 bits per heavy atom.